The van der Waals surface area contributed by atoms with Crippen LogP contribution in [0.3, 0.4) is 0 Å². The molecule has 1 amide bonds. The van der Waals surface area contributed by atoms with Gasteiger partial charge in [0.05, 0.1) is 34.7 Å². The zero-order valence-corrected chi connectivity index (χ0v) is 22.7. The second-order valence-electron chi connectivity index (χ2n) is 9.89. The number of benzene rings is 1. The van der Waals surface area contributed by atoms with E-state index in [4.69, 9.17) is 16.3 Å². The third-order valence-corrected chi connectivity index (χ3v) is 7.71. The summed E-state index contributed by atoms with van der Waals surface area (Å²) in [7, 11) is 0. The van der Waals surface area contributed by atoms with Crippen LogP contribution in [-0.2, 0) is 6.54 Å². The molecule has 1 saturated heterocycles. The molecule has 0 aliphatic carbocycles. The fourth-order valence-corrected chi connectivity index (χ4v) is 5.41. The molecule has 0 unspecified atom stereocenters. The number of rotatable bonds is 6. The van der Waals surface area contributed by atoms with Crippen LogP contribution in [0.4, 0.5) is 11.5 Å². The molecule has 5 heterocycles. The molecule has 4 aromatic rings. The number of nitrogens with zero attached hydrogens (tertiary/aromatic N) is 6. The Labute approximate surface area is 236 Å². The van der Waals surface area contributed by atoms with E-state index in [0.29, 0.717) is 61.2 Å². The summed E-state index contributed by atoms with van der Waals surface area (Å²) >= 11 is 5.96. The number of nitrogens with one attached hydrogen (secondary N) is 1. The Hall–Kier alpha value is -4.44. The van der Waals surface area contributed by atoms with Crippen LogP contribution in [0.25, 0.3) is 0 Å². The Kier molecular flexibility index (Phi) is 7.08. The molecule has 0 saturated carbocycles. The average molecular weight is 558 g/mol. The maximum absolute atomic E-state index is 13.3. The second-order valence-corrected chi connectivity index (χ2v) is 10.3. The fraction of sp³-hybridized carbons (Fsp3) is 0.276. The number of amides is 1. The van der Waals surface area contributed by atoms with E-state index in [0.717, 1.165) is 17.1 Å². The normalized spacial score (nSPS) is 16.6. The number of ether oxygens (including phenoxy) is 1. The highest BCUT2D eigenvalue weighted by Gasteiger charge is 2.32. The topological polar surface area (TPSA) is 108 Å². The van der Waals surface area contributed by atoms with Gasteiger partial charge in [-0.1, -0.05) is 35.9 Å². The molecule has 1 aromatic carbocycles. The molecule has 0 radical (unpaired) electrons. The Morgan fingerprint density at radius 3 is 2.70 bits per heavy atom. The van der Waals surface area contributed by atoms with E-state index in [1.807, 2.05) is 29.2 Å². The monoisotopic (exact) mass is 557 g/mol. The molecule has 1 fully saturated rings. The van der Waals surface area contributed by atoms with E-state index in [2.05, 4.69) is 42.1 Å². The number of H-pyrrole nitrogens is 1. The predicted molar refractivity (Wildman–Crippen MR) is 152 cm³/mol. The van der Waals surface area contributed by atoms with Crippen LogP contribution in [0.1, 0.15) is 33.1 Å². The molecule has 10 nitrogen and oxygen atoms in total. The zero-order valence-electron chi connectivity index (χ0n) is 22.0. The highest BCUT2D eigenvalue weighted by molar-refractivity contribution is 6.30. The first-order valence-corrected chi connectivity index (χ1v) is 13.5. The smallest absolute Gasteiger partial charge is 0.269 e. The third-order valence-electron chi connectivity index (χ3n) is 7.49. The van der Waals surface area contributed by atoms with Gasteiger partial charge in [-0.3, -0.25) is 14.6 Å². The largest absolute Gasteiger partial charge is 0.489 e. The number of anilines is 2. The van der Waals surface area contributed by atoms with Gasteiger partial charge in [-0.25, -0.2) is 10.1 Å². The molecule has 3 aromatic heterocycles. The number of pyridine rings is 2. The SMILES string of the molecule is Cc1c(N2Cc3ccccc3[C@@H]2COc2cncc(C(=O)N3CCN(c4ccc(Cl)cn4)CC3)c2)cn[nH]c1=O. The van der Waals surface area contributed by atoms with Crippen LogP contribution in [0.15, 0.2) is 72.0 Å². The van der Waals surface area contributed by atoms with Crippen molar-refractivity contribution in [2.75, 3.05) is 42.6 Å². The van der Waals surface area contributed by atoms with Crippen molar-refractivity contribution in [2.45, 2.75) is 19.5 Å². The Morgan fingerprint density at radius 2 is 1.90 bits per heavy atom. The van der Waals surface area contributed by atoms with Gasteiger partial charge in [-0.05, 0) is 36.2 Å². The lowest BCUT2D eigenvalue weighted by Gasteiger charge is -2.35. The van der Waals surface area contributed by atoms with Crippen molar-refractivity contribution in [1.82, 2.24) is 25.1 Å². The number of aromatic amines is 1. The number of hydrogen-bond acceptors (Lipinski definition) is 8. The Morgan fingerprint density at radius 1 is 1.07 bits per heavy atom. The van der Waals surface area contributed by atoms with Crippen LogP contribution < -0.4 is 20.1 Å². The molecule has 0 bridgehead atoms. The van der Waals surface area contributed by atoms with Gasteiger partial charge >= 0.3 is 0 Å². The number of piperazine rings is 1. The van der Waals surface area contributed by atoms with Gasteiger partial charge in [0, 0.05) is 50.7 Å². The molecular formula is C29H28ClN7O3. The van der Waals surface area contributed by atoms with Gasteiger partial charge in [-0.2, -0.15) is 5.10 Å². The third kappa shape index (κ3) is 5.10. The fourth-order valence-electron chi connectivity index (χ4n) is 5.30. The maximum Gasteiger partial charge on any atom is 0.269 e. The van der Waals surface area contributed by atoms with E-state index in [1.165, 1.54) is 5.56 Å². The summed E-state index contributed by atoms with van der Waals surface area (Å²) in [4.78, 5) is 40.3. The molecule has 1 atom stereocenters. The van der Waals surface area contributed by atoms with Gasteiger partial charge in [0.2, 0.25) is 0 Å². The van der Waals surface area contributed by atoms with E-state index in [9.17, 15) is 9.59 Å². The molecule has 2 aliphatic heterocycles. The first-order chi connectivity index (χ1) is 19.5. The van der Waals surface area contributed by atoms with Gasteiger partial charge in [-0.15, -0.1) is 0 Å². The van der Waals surface area contributed by atoms with Crippen molar-refractivity contribution in [3.05, 3.63) is 105 Å². The highest BCUT2D eigenvalue weighted by Crippen LogP contribution is 2.38. The van der Waals surface area contributed by atoms with Gasteiger partial charge in [0.15, 0.2) is 0 Å². The summed E-state index contributed by atoms with van der Waals surface area (Å²) in [5.41, 5.74) is 3.95. The molecule has 2 aliphatic rings. The number of carbonyl (C=O) groups is 1. The number of aromatic nitrogens is 4. The van der Waals surface area contributed by atoms with E-state index >= 15 is 0 Å². The molecule has 40 heavy (non-hydrogen) atoms. The van der Waals surface area contributed by atoms with Crippen molar-refractivity contribution < 1.29 is 9.53 Å². The first kappa shape index (κ1) is 25.8. The summed E-state index contributed by atoms with van der Waals surface area (Å²) in [6.07, 6.45) is 6.50. The van der Waals surface area contributed by atoms with E-state index in [-0.39, 0.29) is 17.5 Å². The van der Waals surface area contributed by atoms with Crippen LogP contribution >= 0.6 is 11.6 Å². The molecule has 11 heteroatoms. The maximum atomic E-state index is 13.3. The lowest BCUT2D eigenvalue weighted by atomic mass is 10.1. The number of halogens is 1. The highest BCUT2D eigenvalue weighted by atomic mass is 35.5. The summed E-state index contributed by atoms with van der Waals surface area (Å²) in [5, 5.41) is 7.11. The standard InChI is InChI=1S/C29H28ClN7O3/c1-19-25(16-33-34-28(19)38)37-17-20-4-2-3-5-24(20)26(37)18-40-23-12-21(13-31-15-23)29(39)36-10-8-35(9-11-36)27-7-6-22(30)14-32-27/h2-7,12-16,26H,8-11,17-18H2,1H3,(H,34,38)/t26-/m0/s1. The summed E-state index contributed by atoms with van der Waals surface area (Å²) in [5.74, 6) is 1.28. The molecule has 1 N–H and O–H groups in total. The first-order valence-electron chi connectivity index (χ1n) is 13.1. The lowest BCUT2D eigenvalue weighted by Crippen LogP contribution is -2.49. The van der Waals surface area contributed by atoms with E-state index in [1.54, 1.807) is 37.8 Å². The molecule has 0 spiro atoms. The molecule has 204 valence electrons. The molecular weight excluding hydrogens is 530 g/mol. The van der Waals surface area contributed by atoms with Gasteiger partial charge < -0.3 is 19.4 Å². The minimum absolute atomic E-state index is 0.0836. The summed E-state index contributed by atoms with van der Waals surface area (Å²) < 4.78 is 6.22. The number of carbonyl (C=O) groups excluding carboxylic acids is 1. The average Bonchev–Trinajstić information content (AvgIpc) is 3.36. The van der Waals surface area contributed by atoms with Crippen LogP contribution in [-0.4, -0.2) is 63.8 Å². The molecule has 6 rings (SSSR count). The van der Waals surface area contributed by atoms with Crippen molar-refractivity contribution in [2.24, 2.45) is 0 Å². The predicted octanol–water partition coefficient (Wildman–Crippen LogP) is 3.62. The zero-order chi connectivity index (χ0) is 27.6. The lowest BCUT2D eigenvalue weighted by molar-refractivity contribution is 0.0745. The Bertz CT molecular complexity index is 1590. The van der Waals surface area contributed by atoms with Crippen molar-refractivity contribution >= 4 is 29.0 Å². The second kappa shape index (κ2) is 11.0. The van der Waals surface area contributed by atoms with Crippen molar-refractivity contribution in [1.29, 1.82) is 0 Å². The van der Waals surface area contributed by atoms with Crippen molar-refractivity contribution in [3.8, 4) is 5.75 Å². The van der Waals surface area contributed by atoms with Gasteiger partial charge in [0.25, 0.3) is 11.5 Å². The van der Waals surface area contributed by atoms with Crippen LogP contribution in [0, 0.1) is 6.92 Å². The Balaban J connectivity index is 1.14. The van der Waals surface area contributed by atoms with E-state index < -0.39 is 0 Å². The number of hydrogen-bond donors (Lipinski definition) is 1. The quantitative estimate of drug-likeness (QED) is 0.383. The van der Waals surface area contributed by atoms with Gasteiger partial charge in [0.1, 0.15) is 18.2 Å². The van der Waals surface area contributed by atoms with Crippen LogP contribution in [0.5, 0.6) is 5.75 Å². The number of fused-ring (bicyclic) bond motifs is 1. The minimum atomic E-state index is -0.214. The minimum Gasteiger partial charge on any atom is -0.489 e. The summed E-state index contributed by atoms with van der Waals surface area (Å²) in [6.45, 7) is 5.26. The van der Waals surface area contributed by atoms with Crippen LogP contribution in [0.2, 0.25) is 5.02 Å². The van der Waals surface area contributed by atoms with Crippen molar-refractivity contribution in [3.63, 3.8) is 0 Å². The summed E-state index contributed by atoms with van der Waals surface area (Å²) in [6, 6.07) is 13.5.